The monoisotopic (exact) mass is 265 g/mol. The molecular formula is C12H15F4NO. The molecule has 0 heterocycles. The molecule has 1 aromatic carbocycles. The molecule has 0 saturated carbocycles. The van der Waals surface area contributed by atoms with Crippen LogP contribution in [0.1, 0.15) is 24.5 Å². The van der Waals surface area contributed by atoms with E-state index in [0.717, 1.165) is 0 Å². The van der Waals surface area contributed by atoms with Crippen molar-refractivity contribution in [3.8, 4) is 0 Å². The summed E-state index contributed by atoms with van der Waals surface area (Å²) in [6.45, 7) is 0.108. The molecular weight excluding hydrogens is 250 g/mol. The third kappa shape index (κ3) is 5.46. The van der Waals surface area contributed by atoms with E-state index in [1.807, 2.05) is 0 Å². The van der Waals surface area contributed by atoms with Gasteiger partial charge in [-0.05, 0) is 24.1 Å². The van der Waals surface area contributed by atoms with Crippen molar-refractivity contribution in [3.63, 3.8) is 0 Å². The molecule has 1 aromatic rings. The van der Waals surface area contributed by atoms with Crippen LogP contribution in [-0.2, 0) is 4.74 Å². The van der Waals surface area contributed by atoms with Crippen molar-refractivity contribution in [3.05, 3.63) is 35.6 Å². The molecule has 6 heteroatoms. The van der Waals surface area contributed by atoms with E-state index in [1.54, 1.807) is 0 Å². The Hall–Kier alpha value is -1.14. The second-order valence-corrected chi connectivity index (χ2v) is 3.87. The van der Waals surface area contributed by atoms with E-state index in [9.17, 15) is 17.6 Å². The van der Waals surface area contributed by atoms with E-state index in [-0.39, 0.29) is 25.4 Å². The van der Waals surface area contributed by atoms with E-state index in [1.165, 1.54) is 24.3 Å². The van der Waals surface area contributed by atoms with Crippen LogP contribution in [0.2, 0.25) is 0 Å². The van der Waals surface area contributed by atoms with Gasteiger partial charge in [0.15, 0.2) is 0 Å². The number of alkyl halides is 3. The van der Waals surface area contributed by atoms with Gasteiger partial charge in [0.05, 0.1) is 6.10 Å². The molecule has 0 fully saturated rings. The molecule has 0 saturated heterocycles. The molecule has 1 atom stereocenters. The lowest BCUT2D eigenvalue weighted by atomic mass is 10.1. The van der Waals surface area contributed by atoms with Crippen molar-refractivity contribution < 1.29 is 22.3 Å². The van der Waals surface area contributed by atoms with Crippen molar-refractivity contribution >= 4 is 0 Å². The highest BCUT2D eigenvalue weighted by Crippen LogP contribution is 2.22. The predicted octanol–water partition coefficient (Wildman–Crippen LogP) is 3.18. The first kappa shape index (κ1) is 14.9. The normalized spacial score (nSPS) is 13.6. The number of nitrogens with two attached hydrogens (primary N) is 1. The van der Waals surface area contributed by atoms with Crippen LogP contribution in [-0.4, -0.2) is 19.3 Å². The fraction of sp³-hybridized carbons (Fsp3) is 0.500. The molecule has 0 aliphatic carbocycles. The quantitative estimate of drug-likeness (QED) is 0.633. The Bertz CT molecular complexity index is 350. The Balaban J connectivity index is 2.40. The Morgan fingerprint density at radius 1 is 1.17 bits per heavy atom. The minimum atomic E-state index is -4.17. The molecule has 0 radical (unpaired) electrons. The first-order chi connectivity index (χ1) is 8.42. The summed E-state index contributed by atoms with van der Waals surface area (Å²) in [5.41, 5.74) is 6.13. The number of ether oxygens (including phenoxy) is 1. The third-order valence-corrected chi connectivity index (χ3v) is 2.38. The highest BCUT2D eigenvalue weighted by Gasteiger charge is 2.26. The zero-order valence-corrected chi connectivity index (χ0v) is 9.71. The van der Waals surface area contributed by atoms with Gasteiger partial charge in [0.2, 0.25) is 0 Å². The van der Waals surface area contributed by atoms with Crippen LogP contribution in [0, 0.1) is 5.82 Å². The van der Waals surface area contributed by atoms with E-state index in [0.29, 0.717) is 5.56 Å². The zero-order valence-electron chi connectivity index (χ0n) is 9.71. The van der Waals surface area contributed by atoms with Gasteiger partial charge in [-0.25, -0.2) is 4.39 Å². The molecule has 0 bridgehead atoms. The lowest BCUT2D eigenvalue weighted by Gasteiger charge is -2.16. The summed E-state index contributed by atoms with van der Waals surface area (Å²) >= 11 is 0. The molecule has 0 spiro atoms. The SMILES string of the molecule is NCC(OCCCC(F)(F)F)c1ccc(F)cc1. The van der Waals surface area contributed by atoms with Crippen LogP contribution in [0.15, 0.2) is 24.3 Å². The van der Waals surface area contributed by atoms with Crippen molar-refractivity contribution in [1.29, 1.82) is 0 Å². The number of benzene rings is 1. The maximum absolute atomic E-state index is 12.7. The molecule has 0 aromatic heterocycles. The zero-order chi connectivity index (χ0) is 13.6. The summed E-state index contributed by atoms with van der Waals surface area (Å²) in [6.07, 6.45) is -5.66. The van der Waals surface area contributed by atoms with Gasteiger partial charge in [0, 0.05) is 19.6 Å². The summed E-state index contributed by atoms with van der Waals surface area (Å²) in [5.74, 6) is -0.383. The van der Waals surface area contributed by atoms with Crippen molar-refractivity contribution in [2.45, 2.75) is 25.1 Å². The molecule has 2 nitrogen and oxygen atoms in total. The molecule has 0 aliphatic heterocycles. The molecule has 1 unspecified atom stereocenters. The first-order valence-electron chi connectivity index (χ1n) is 5.56. The molecule has 0 amide bonds. The molecule has 0 aliphatic rings. The number of halogens is 4. The van der Waals surface area contributed by atoms with Gasteiger partial charge in [-0.2, -0.15) is 13.2 Å². The Kier molecular flexibility index (Phi) is 5.55. The van der Waals surface area contributed by atoms with E-state index < -0.39 is 18.7 Å². The lowest BCUT2D eigenvalue weighted by molar-refractivity contribution is -0.138. The van der Waals surface area contributed by atoms with Crippen LogP contribution in [0.5, 0.6) is 0 Å². The van der Waals surface area contributed by atoms with Gasteiger partial charge in [0.25, 0.3) is 0 Å². The first-order valence-corrected chi connectivity index (χ1v) is 5.56. The minimum Gasteiger partial charge on any atom is -0.372 e. The fourth-order valence-corrected chi connectivity index (χ4v) is 1.48. The van der Waals surface area contributed by atoms with Crippen LogP contribution < -0.4 is 5.73 Å². The number of hydrogen-bond donors (Lipinski definition) is 1. The smallest absolute Gasteiger partial charge is 0.372 e. The third-order valence-electron chi connectivity index (χ3n) is 2.38. The number of hydrogen-bond acceptors (Lipinski definition) is 2. The van der Waals surface area contributed by atoms with Crippen LogP contribution in [0.3, 0.4) is 0 Å². The standard InChI is InChI=1S/C12H15F4NO/c13-10-4-2-9(3-5-10)11(8-17)18-7-1-6-12(14,15)16/h2-5,11H,1,6-8,17H2. The van der Waals surface area contributed by atoms with Gasteiger partial charge < -0.3 is 10.5 Å². The summed E-state index contributed by atoms with van der Waals surface area (Å²) in [7, 11) is 0. The van der Waals surface area contributed by atoms with E-state index in [2.05, 4.69) is 0 Å². The average molecular weight is 265 g/mol. The van der Waals surface area contributed by atoms with Gasteiger partial charge in [0.1, 0.15) is 5.82 Å². The lowest BCUT2D eigenvalue weighted by Crippen LogP contribution is -2.17. The van der Waals surface area contributed by atoms with Crippen molar-refractivity contribution in [1.82, 2.24) is 0 Å². The van der Waals surface area contributed by atoms with Crippen LogP contribution >= 0.6 is 0 Å². The Labute approximate surface area is 103 Å². The van der Waals surface area contributed by atoms with Crippen LogP contribution in [0.4, 0.5) is 17.6 Å². The maximum Gasteiger partial charge on any atom is 0.389 e. The highest BCUT2D eigenvalue weighted by atomic mass is 19.4. The summed E-state index contributed by atoms with van der Waals surface area (Å²) in [6, 6.07) is 5.54. The molecule has 2 N–H and O–H groups in total. The highest BCUT2D eigenvalue weighted by molar-refractivity contribution is 5.18. The summed E-state index contributed by atoms with van der Waals surface area (Å²) in [5, 5.41) is 0. The second kappa shape index (κ2) is 6.70. The largest absolute Gasteiger partial charge is 0.389 e. The Morgan fingerprint density at radius 3 is 2.28 bits per heavy atom. The topological polar surface area (TPSA) is 35.2 Å². The van der Waals surface area contributed by atoms with E-state index >= 15 is 0 Å². The second-order valence-electron chi connectivity index (χ2n) is 3.87. The van der Waals surface area contributed by atoms with Gasteiger partial charge in [-0.1, -0.05) is 12.1 Å². The summed E-state index contributed by atoms with van der Waals surface area (Å²) in [4.78, 5) is 0. The van der Waals surface area contributed by atoms with Gasteiger partial charge in [-0.3, -0.25) is 0 Å². The molecule has 1 rings (SSSR count). The van der Waals surface area contributed by atoms with Gasteiger partial charge >= 0.3 is 6.18 Å². The minimum absolute atomic E-state index is 0.0290. The Morgan fingerprint density at radius 2 is 1.78 bits per heavy atom. The van der Waals surface area contributed by atoms with Crippen molar-refractivity contribution in [2.24, 2.45) is 5.73 Å². The van der Waals surface area contributed by atoms with Crippen LogP contribution in [0.25, 0.3) is 0 Å². The van der Waals surface area contributed by atoms with Crippen molar-refractivity contribution in [2.75, 3.05) is 13.2 Å². The predicted molar refractivity (Wildman–Crippen MR) is 59.4 cm³/mol. The fourth-order valence-electron chi connectivity index (χ4n) is 1.48. The molecule has 18 heavy (non-hydrogen) atoms. The van der Waals surface area contributed by atoms with Gasteiger partial charge in [-0.15, -0.1) is 0 Å². The maximum atomic E-state index is 12.7. The summed E-state index contributed by atoms with van der Waals surface area (Å²) < 4.78 is 53.7. The average Bonchev–Trinajstić information content (AvgIpc) is 2.29. The van der Waals surface area contributed by atoms with E-state index in [4.69, 9.17) is 10.5 Å². The number of rotatable bonds is 6. The molecule has 102 valence electrons.